The van der Waals surface area contributed by atoms with Gasteiger partial charge in [0.2, 0.25) is 0 Å². The number of morpholine rings is 1. The standard InChI is InChI=1S/C27H30N2O8S/c1-19-7-9-21(10-8-19)38(32,33)28-22-17-20(27(31)29-11-14-35-15-12-29)18-25(36-16-13-30)26(22)37-24-6-4-3-5-23(24)34-2/h3-10,17-18,28,30H,11-16H2,1-2H3. The van der Waals surface area contributed by atoms with Gasteiger partial charge in [-0.05, 0) is 43.3 Å². The highest BCUT2D eigenvalue weighted by atomic mass is 32.2. The Kier molecular flexibility index (Phi) is 8.72. The quantitative estimate of drug-likeness (QED) is 0.399. The first kappa shape index (κ1) is 27.2. The number of amides is 1. The van der Waals surface area contributed by atoms with Crippen molar-refractivity contribution in [1.29, 1.82) is 0 Å². The van der Waals surface area contributed by atoms with Crippen molar-refractivity contribution in [3.05, 3.63) is 71.8 Å². The van der Waals surface area contributed by atoms with Crippen LogP contribution in [-0.2, 0) is 14.8 Å². The van der Waals surface area contributed by atoms with E-state index in [0.29, 0.717) is 37.8 Å². The fourth-order valence-electron chi connectivity index (χ4n) is 3.85. The minimum Gasteiger partial charge on any atom is -0.493 e. The number of carbonyl (C=O) groups is 1. The molecule has 0 radical (unpaired) electrons. The van der Waals surface area contributed by atoms with Crippen molar-refractivity contribution in [2.75, 3.05) is 51.3 Å². The van der Waals surface area contributed by atoms with Crippen molar-refractivity contribution >= 4 is 21.6 Å². The number of sulfonamides is 1. The largest absolute Gasteiger partial charge is 0.493 e. The summed E-state index contributed by atoms with van der Waals surface area (Å²) in [6.45, 7) is 3.05. The lowest BCUT2D eigenvalue weighted by molar-refractivity contribution is 0.0302. The van der Waals surface area contributed by atoms with Crippen LogP contribution in [0.5, 0.6) is 23.0 Å². The van der Waals surface area contributed by atoms with Crippen LogP contribution in [0.1, 0.15) is 15.9 Å². The molecule has 1 aliphatic rings. The van der Waals surface area contributed by atoms with Gasteiger partial charge in [0.15, 0.2) is 23.0 Å². The number of ether oxygens (including phenoxy) is 4. The smallest absolute Gasteiger partial charge is 0.262 e. The number of hydrogen-bond donors (Lipinski definition) is 2. The fraction of sp³-hybridized carbons (Fsp3) is 0.296. The number of nitrogens with zero attached hydrogens (tertiary/aromatic N) is 1. The Morgan fingerprint density at radius 3 is 2.37 bits per heavy atom. The summed E-state index contributed by atoms with van der Waals surface area (Å²) in [4.78, 5) is 15.0. The predicted octanol–water partition coefficient (Wildman–Crippen LogP) is 3.44. The van der Waals surface area contributed by atoms with E-state index in [2.05, 4.69) is 4.72 Å². The number of nitrogens with one attached hydrogen (secondary N) is 1. The molecular weight excluding hydrogens is 512 g/mol. The molecule has 4 rings (SSSR count). The van der Waals surface area contributed by atoms with Crippen molar-refractivity contribution in [1.82, 2.24) is 4.90 Å². The Labute approximate surface area is 221 Å². The molecule has 1 amide bonds. The fourth-order valence-corrected chi connectivity index (χ4v) is 4.91. The number of rotatable bonds is 10. The molecule has 3 aromatic carbocycles. The number of carbonyl (C=O) groups excluding carboxylic acids is 1. The van der Waals surface area contributed by atoms with Crippen LogP contribution in [0, 0.1) is 6.92 Å². The van der Waals surface area contributed by atoms with E-state index in [9.17, 15) is 18.3 Å². The summed E-state index contributed by atoms with van der Waals surface area (Å²) in [7, 11) is -2.59. The summed E-state index contributed by atoms with van der Waals surface area (Å²) in [5, 5.41) is 9.41. The summed E-state index contributed by atoms with van der Waals surface area (Å²) < 4.78 is 51.9. The van der Waals surface area contributed by atoms with Gasteiger partial charge in [-0.25, -0.2) is 8.42 Å². The molecule has 1 heterocycles. The van der Waals surface area contributed by atoms with E-state index < -0.39 is 10.0 Å². The zero-order valence-electron chi connectivity index (χ0n) is 21.2. The summed E-state index contributed by atoms with van der Waals surface area (Å²) in [5.41, 5.74) is 1.08. The zero-order valence-corrected chi connectivity index (χ0v) is 22.0. The van der Waals surface area contributed by atoms with Crippen molar-refractivity contribution < 1.29 is 37.3 Å². The van der Waals surface area contributed by atoms with Crippen LogP contribution in [0.15, 0.2) is 65.6 Å². The minimum absolute atomic E-state index is 0.0106. The maximum atomic E-state index is 13.4. The van der Waals surface area contributed by atoms with E-state index in [0.717, 1.165) is 5.56 Å². The number of methoxy groups -OCH3 is 1. The summed E-state index contributed by atoms with van der Waals surface area (Å²) >= 11 is 0. The van der Waals surface area contributed by atoms with Gasteiger partial charge in [0.1, 0.15) is 6.61 Å². The Bertz CT molecular complexity index is 1370. The number of aliphatic hydroxyl groups is 1. The lowest BCUT2D eigenvalue weighted by Crippen LogP contribution is -2.40. The Morgan fingerprint density at radius 1 is 1.03 bits per heavy atom. The highest BCUT2D eigenvalue weighted by Gasteiger charge is 2.26. The molecule has 1 saturated heterocycles. The van der Waals surface area contributed by atoms with Gasteiger partial charge in [0.25, 0.3) is 15.9 Å². The van der Waals surface area contributed by atoms with Gasteiger partial charge in [-0.1, -0.05) is 29.8 Å². The molecule has 0 spiro atoms. The van der Waals surface area contributed by atoms with Gasteiger partial charge in [-0.2, -0.15) is 0 Å². The molecule has 0 aliphatic carbocycles. The molecule has 3 aromatic rings. The third-order valence-corrected chi connectivity index (χ3v) is 7.19. The van der Waals surface area contributed by atoms with Crippen LogP contribution >= 0.6 is 0 Å². The predicted molar refractivity (Wildman–Crippen MR) is 141 cm³/mol. The third-order valence-electron chi connectivity index (χ3n) is 5.81. The molecule has 202 valence electrons. The minimum atomic E-state index is -4.08. The SMILES string of the molecule is COc1ccccc1Oc1c(NS(=O)(=O)c2ccc(C)cc2)cc(C(=O)N2CCOCC2)cc1OCCO. The lowest BCUT2D eigenvalue weighted by atomic mass is 10.1. The van der Waals surface area contributed by atoms with E-state index in [-0.39, 0.29) is 46.8 Å². The second-order valence-corrected chi connectivity index (χ2v) is 10.2. The van der Waals surface area contributed by atoms with Crippen molar-refractivity contribution in [2.24, 2.45) is 0 Å². The van der Waals surface area contributed by atoms with E-state index in [1.807, 2.05) is 6.92 Å². The topological polar surface area (TPSA) is 124 Å². The number of para-hydroxylation sites is 2. The van der Waals surface area contributed by atoms with Crippen LogP contribution in [0.3, 0.4) is 0 Å². The molecular formula is C27H30N2O8S. The van der Waals surface area contributed by atoms with Crippen LogP contribution in [0.2, 0.25) is 0 Å². The van der Waals surface area contributed by atoms with Gasteiger partial charge in [-0.15, -0.1) is 0 Å². The molecule has 2 N–H and O–H groups in total. The van der Waals surface area contributed by atoms with E-state index in [1.165, 1.54) is 31.4 Å². The van der Waals surface area contributed by atoms with E-state index in [1.54, 1.807) is 41.3 Å². The zero-order chi connectivity index (χ0) is 27.1. The van der Waals surface area contributed by atoms with E-state index >= 15 is 0 Å². The molecule has 38 heavy (non-hydrogen) atoms. The summed E-state index contributed by atoms with van der Waals surface area (Å²) in [6, 6.07) is 16.1. The number of aryl methyl sites for hydroxylation is 1. The van der Waals surface area contributed by atoms with Crippen molar-refractivity contribution in [2.45, 2.75) is 11.8 Å². The van der Waals surface area contributed by atoms with Crippen LogP contribution in [0.25, 0.3) is 0 Å². The molecule has 0 aromatic heterocycles. The van der Waals surface area contributed by atoms with Crippen LogP contribution < -0.4 is 18.9 Å². The molecule has 0 atom stereocenters. The monoisotopic (exact) mass is 542 g/mol. The van der Waals surface area contributed by atoms with Gasteiger partial charge in [0.05, 0.1) is 37.5 Å². The lowest BCUT2D eigenvalue weighted by Gasteiger charge is -2.27. The number of aliphatic hydroxyl groups excluding tert-OH is 1. The second-order valence-electron chi connectivity index (χ2n) is 8.50. The number of anilines is 1. The van der Waals surface area contributed by atoms with Gasteiger partial charge >= 0.3 is 0 Å². The molecule has 1 fully saturated rings. The third kappa shape index (κ3) is 6.36. The first-order valence-electron chi connectivity index (χ1n) is 12.0. The number of hydrogen-bond acceptors (Lipinski definition) is 8. The van der Waals surface area contributed by atoms with Crippen molar-refractivity contribution in [3.63, 3.8) is 0 Å². The highest BCUT2D eigenvalue weighted by Crippen LogP contribution is 2.43. The molecule has 1 aliphatic heterocycles. The molecule has 0 bridgehead atoms. The average molecular weight is 543 g/mol. The normalized spacial score (nSPS) is 13.6. The van der Waals surface area contributed by atoms with Crippen LogP contribution in [0.4, 0.5) is 5.69 Å². The highest BCUT2D eigenvalue weighted by molar-refractivity contribution is 7.92. The molecule has 0 saturated carbocycles. The van der Waals surface area contributed by atoms with Gasteiger partial charge < -0.3 is 29.0 Å². The van der Waals surface area contributed by atoms with Crippen LogP contribution in [-0.4, -0.2) is 71.0 Å². The van der Waals surface area contributed by atoms with Gasteiger partial charge in [-0.3, -0.25) is 9.52 Å². The molecule has 0 unspecified atom stereocenters. The summed E-state index contributed by atoms with van der Waals surface area (Å²) in [6.07, 6.45) is 0. The average Bonchev–Trinajstić information content (AvgIpc) is 2.93. The Morgan fingerprint density at radius 2 is 1.71 bits per heavy atom. The first-order chi connectivity index (χ1) is 18.3. The summed E-state index contributed by atoms with van der Waals surface area (Å²) in [5.74, 6) is 0.470. The molecule has 10 nitrogen and oxygen atoms in total. The Hall–Kier alpha value is -3.80. The van der Waals surface area contributed by atoms with Crippen molar-refractivity contribution in [3.8, 4) is 23.0 Å². The van der Waals surface area contributed by atoms with Gasteiger partial charge in [0, 0.05) is 18.7 Å². The maximum absolute atomic E-state index is 13.4. The number of benzene rings is 3. The maximum Gasteiger partial charge on any atom is 0.262 e. The molecule has 11 heteroatoms. The second kappa shape index (κ2) is 12.2. The Balaban J connectivity index is 1.83. The first-order valence-corrected chi connectivity index (χ1v) is 13.5. The van der Waals surface area contributed by atoms with E-state index in [4.69, 9.17) is 18.9 Å².